The molecule has 1 aromatic rings. The number of esters is 1. The van der Waals surface area contributed by atoms with E-state index in [1.807, 2.05) is 45.9 Å². The molecule has 138 valence electrons. The lowest BCUT2D eigenvalue weighted by Gasteiger charge is -2.23. The topological polar surface area (TPSA) is 73.9 Å². The molecular weight excluding hydrogens is 322 g/mol. The van der Waals surface area contributed by atoms with Crippen LogP contribution in [0.4, 0.5) is 0 Å². The number of amides is 1. The van der Waals surface area contributed by atoms with E-state index in [2.05, 4.69) is 5.32 Å². The maximum atomic E-state index is 11.9. The maximum absolute atomic E-state index is 11.9. The molecule has 0 saturated carbocycles. The lowest BCUT2D eigenvalue weighted by atomic mass is 10.1. The van der Waals surface area contributed by atoms with Crippen molar-refractivity contribution < 1.29 is 23.8 Å². The van der Waals surface area contributed by atoms with E-state index in [9.17, 15) is 9.59 Å². The third-order valence-corrected chi connectivity index (χ3v) is 3.07. The second kappa shape index (κ2) is 9.11. The van der Waals surface area contributed by atoms with Gasteiger partial charge in [0.05, 0.1) is 7.11 Å². The fourth-order valence-corrected chi connectivity index (χ4v) is 1.99. The fraction of sp³-hybridized carbons (Fsp3) is 0.474. The number of carbonyl (C=O) groups excluding carboxylic acids is 2. The number of hydrogen-bond acceptors (Lipinski definition) is 5. The standard InChI is InChI=1S/C19H27NO5/c1-7-8-14-9-10-15(16(11-14)23-6)24-12-17(21)25-13(2)18(22)20-19(3,4)5/h7-11,13H,12H2,1-6H3,(H,20,22)/b8-7+/t13-/m0/s1. The van der Waals surface area contributed by atoms with Crippen LogP contribution in [0.25, 0.3) is 6.08 Å². The third kappa shape index (κ3) is 7.28. The van der Waals surface area contributed by atoms with Gasteiger partial charge in [0.2, 0.25) is 0 Å². The summed E-state index contributed by atoms with van der Waals surface area (Å²) >= 11 is 0. The Morgan fingerprint density at radius 2 is 1.92 bits per heavy atom. The molecule has 6 heteroatoms. The molecule has 0 bridgehead atoms. The van der Waals surface area contributed by atoms with Gasteiger partial charge in [0, 0.05) is 5.54 Å². The highest BCUT2D eigenvalue weighted by Crippen LogP contribution is 2.28. The molecule has 0 spiro atoms. The van der Waals surface area contributed by atoms with E-state index in [4.69, 9.17) is 14.2 Å². The number of allylic oxidation sites excluding steroid dienone is 1. The van der Waals surface area contributed by atoms with E-state index < -0.39 is 17.6 Å². The molecule has 1 atom stereocenters. The number of ether oxygens (including phenoxy) is 3. The molecule has 0 saturated heterocycles. The zero-order valence-electron chi connectivity index (χ0n) is 15.7. The van der Waals surface area contributed by atoms with Crippen LogP contribution in [0.2, 0.25) is 0 Å². The third-order valence-electron chi connectivity index (χ3n) is 3.07. The van der Waals surface area contributed by atoms with Gasteiger partial charge in [-0.25, -0.2) is 4.79 Å². The summed E-state index contributed by atoms with van der Waals surface area (Å²) in [6.45, 7) is 8.69. The number of methoxy groups -OCH3 is 1. The summed E-state index contributed by atoms with van der Waals surface area (Å²) in [5.41, 5.74) is 0.567. The molecule has 0 aromatic heterocycles. The van der Waals surface area contributed by atoms with Crippen molar-refractivity contribution in [2.24, 2.45) is 0 Å². The van der Waals surface area contributed by atoms with Gasteiger partial charge in [0.15, 0.2) is 24.2 Å². The molecule has 0 heterocycles. The summed E-state index contributed by atoms with van der Waals surface area (Å²) in [6.07, 6.45) is 2.95. The van der Waals surface area contributed by atoms with Gasteiger partial charge in [-0.15, -0.1) is 0 Å². The number of rotatable bonds is 7. The molecule has 6 nitrogen and oxygen atoms in total. The van der Waals surface area contributed by atoms with E-state index in [-0.39, 0.29) is 12.5 Å². The highest BCUT2D eigenvalue weighted by atomic mass is 16.6. The second-order valence-corrected chi connectivity index (χ2v) is 6.57. The smallest absolute Gasteiger partial charge is 0.344 e. The SMILES string of the molecule is C/C=C/c1ccc(OCC(=O)O[C@@H](C)C(=O)NC(C)(C)C)c(OC)c1. The zero-order valence-corrected chi connectivity index (χ0v) is 15.7. The molecule has 0 aliphatic rings. The minimum absolute atomic E-state index is 0.313. The summed E-state index contributed by atoms with van der Waals surface area (Å²) in [5.74, 6) is -0.0355. The first-order valence-electron chi connectivity index (χ1n) is 8.11. The molecule has 0 aliphatic carbocycles. The van der Waals surface area contributed by atoms with E-state index in [0.29, 0.717) is 11.5 Å². The number of benzene rings is 1. The lowest BCUT2D eigenvalue weighted by Crippen LogP contribution is -2.46. The van der Waals surface area contributed by atoms with Crippen LogP contribution in [-0.2, 0) is 14.3 Å². The highest BCUT2D eigenvalue weighted by molar-refractivity contribution is 5.84. The van der Waals surface area contributed by atoms with Gasteiger partial charge in [-0.1, -0.05) is 18.2 Å². The molecular formula is C19H27NO5. The number of nitrogens with one attached hydrogen (secondary N) is 1. The Morgan fingerprint density at radius 3 is 2.48 bits per heavy atom. The molecule has 0 aliphatic heterocycles. The van der Waals surface area contributed by atoms with E-state index in [1.54, 1.807) is 12.1 Å². The molecule has 0 fully saturated rings. The molecule has 1 amide bonds. The van der Waals surface area contributed by atoms with Crippen LogP contribution in [0.5, 0.6) is 11.5 Å². The number of carbonyl (C=O) groups is 2. The van der Waals surface area contributed by atoms with Gasteiger partial charge in [-0.2, -0.15) is 0 Å². The Bertz CT molecular complexity index is 631. The molecule has 1 rings (SSSR count). The van der Waals surface area contributed by atoms with Crippen molar-refractivity contribution in [2.45, 2.75) is 46.3 Å². The predicted molar refractivity (Wildman–Crippen MR) is 96.6 cm³/mol. The Kier molecular flexibility index (Phi) is 7.48. The van der Waals surface area contributed by atoms with Gasteiger partial charge < -0.3 is 19.5 Å². The maximum Gasteiger partial charge on any atom is 0.344 e. The van der Waals surface area contributed by atoms with Crippen molar-refractivity contribution in [1.82, 2.24) is 5.32 Å². The van der Waals surface area contributed by atoms with Gasteiger partial charge >= 0.3 is 5.97 Å². The van der Waals surface area contributed by atoms with Crippen molar-refractivity contribution >= 4 is 18.0 Å². The van der Waals surface area contributed by atoms with Crippen LogP contribution in [0, 0.1) is 0 Å². The molecule has 1 N–H and O–H groups in total. The van der Waals surface area contributed by atoms with Crippen molar-refractivity contribution in [3.05, 3.63) is 29.8 Å². The molecule has 0 radical (unpaired) electrons. The van der Waals surface area contributed by atoms with Gasteiger partial charge in [0.25, 0.3) is 5.91 Å². The fourth-order valence-electron chi connectivity index (χ4n) is 1.99. The average Bonchev–Trinajstić information content (AvgIpc) is 2.52. The Morgan fingerprint density at radius 1 is 1.24 bits per heavy atom. The first-order chi connectivity index (χ1) is 11.7. The van der Waals surface area contributed by atoms with Crippen molar-refractivity contribution in [2.75, 3.05) is 13.7 Å². The van der Waals surface area contributed by atoms with E-state index >= 15 is 0 Å². The van der Waals surface area contributed by atoms with Gasteiger partial charge in [-0.05, 0) is 52.3 Å². The Balaban J connectivity index is 2.60. The lowest BCUT2D eigenvalue weighted by molar-refractivity contribution is -0.157. The summed E-state index contributed by atoms with van der Waals surface area (Å²) in [5, 5.41) is 2.75. The summed E-state index contributed by atoms with van der Waals surface area (Å²) < 4.78 is 15.8. The highest BCUT2D eigenvalue weighted by Gasteiger charge is 2.22. The Hall–Kier alpha value is -2.50. The van der Waals surface area contributed by atoms with E-state index in [1.165, 1.54) is 14.0 Å². The van der Waals surface area contributed by atoms with Crippen LogP contribution in [0.15, 0.2) is 24.3 Å². The first kappa shape index (κ1) is 20.5. The number of hydrogen-bond donors (Lipinski definition) is 1. The summed E-state index contributed by atoms with van der Waals surface area (Å²) in [7, 11) is 1.53. The molecule has 1 aromatic carbocycles. The minimum atomic E-state index is -0.894. The molecule has 25 heavy (non-hydrogen) atoms. The van der Waals surface area contributed by atoms with Crippen LogP contribution in [0.1, 0.15) is 40.2 Å². The van der Waals surface area contributed by atoms with Gasteiger partial charge in [-0.3, -0.25) is 4.79 Å². The minimum Gasteiger partial charge on any atom is -0.493 e. The zero-order chi connectivity index (χ0) is 19.0. The van der Waals surface area contributed by atoms with Crippen LogP contribution < -0.4 is 14.8 Å². The average molecular weight is 349 g/mol. The van der Waals surface area contributed by atoms with Gasteiger partial charge in [0.1, 0.15) is 0 Å². The second-order valence-electron chi connectivity index (χ2n) is 6.57. The monoisotopic (exact) mass is 349 g/mol. The van der Waals surface area contributed by atoms with Crippen molar-refractivity contribution in [3.63, 3.8) is 0 Å². The largest absolute Gasteiger partial charge is 0.493 e. The Labute approximate surface area is 149 Å². The first-order valence-corrected chi connectivity index (χ1v) is 8.11. The van der Waals surface area contributed by atoms with E-state index in [0.717, 1.165) is 5.56 Å². The van der Waals surface area contributed by atoms with Crippen molar-refractivity contribution in [1.29, 1.82) is 0 Å². The predicted octanol–water partition coefficient (Wildman–Crippen LogP) is 2.95. The van der Waals surface area contributed by atoms with Crippen LogP contribution in [0.3, 0.4) is 0 Å². The van der Waals surface area contributed by atoms with Crippen LogP contribution in [-0.4, -0.2) is 37.2 Å². The van der Waals surface area contributed by atoms with Crippen molar-refractivity contribution in [3.8, 4) is 11.5 Å². The molecule has 0 unspecified atom stereocenters. The quantitative estimate of drug-likeness (QED) is 0.766. The normalized spacial score (nSPS) is 12.6. The summed E-state index contributed by atoms with van der Waals surface area (Å²) in [6, 6.07) is 5.37. The van der Waals surface area contributed by atoms with Crippen LogP contribution >= 0.6 is 0 Å². The summed E-state index contributed by atoms with van der Waals surface area (Å²) in [4.78, 5) is 23.8.